The number of aryl methyl sites for hydroxylation is 1. The number of carbonyl (C=O) groups excluding carboxylic acids is 1. The van der Waals surface area contributed by atoms with Crippen LogP contribution in [0.25, 0.3) is 0 Å². The second-order valence-electron chi connectivity index (χ2n) is 4.60. The summed E-state index contributed by atoms with van der Waals surface area (Å²) in [5.74, 6) is -0.250. The van der Waals surface area contributed by atoms with E-state index in [2.05, 4.69) is 31.2 Å². The van der Waals surface area contributed by atoms with Crippen LogP contribution in [-0.4, -0.2) is 19.6 Å². The Bertz CT molecular complexity index is 372. The van der Waals surface area contributed by atoms with Crippen molar-refractivity contribution < 1.29 is 9.53 Å². The zero-order valence-corrected chi connectivity index (χ0v) is 10.8. The van der Waals surface area contributed by atoms with Crippen LogP contribution in [-0.2, 0) is 22.4 Å². The number of methoxy groups -OCH3 is 1. The third kappa shape index (κ3) is 3.30. The normalized spacial score (nSPS) is 14.1. The van der Waals surface area contributed by atoms with Crippen LogP contribution in [0.1, 0.15) is 25.0 Å². The van der Waals surface area contributed by atoms with Crippen LogP contribution in [0, 0.1) is 5.41 Å². The molecule has 3 nitrogen and oxygen atoms in total. The van der Waals surface area contributed by atoms with Crippen molar-refractivity contribution >= 4 is 5.97 Å². The van der Waals surface area contributed by atoms with Gasteiger partial charge in [0.25, 0.3) is 0 Å². The van der Waals surface area contributed by atoms with E-state index in [0.29, 0.717) is 6.42 Å². The fraction of sp³-hybridized carbons (Fsp3) is 0.500. The van der Waals surface area contributed by atoms with E-state index in [-0.39, 0.29) is 12.5 Å². The Kier molecular flexibility index (Phi) is 4.70. The molecule has 3 heteroatoms. The van der Waals surface area contributed by atoms with E-state index >= 15 is 0 Å². The van der Waals surface area contributed by atoms with Gasteiger partial charge < -0.3 is 10.5 Å². The lowest BCUT2D eigenvalue weighted by Crippen LogP contribution is -2.38. The maximum absolute atomic E-state index is 11.7. The maximum Gasteiger partial charge on any atom is 0.313 e. The Morgan fingerprint density at radius 1 is 1.29 bits per heavy atom. The number of carbonyl (C=O) groups is 1. The molecule has 17 heavy (non-hydrogen) atoms. The minimum atomic E-state index is -0.636. The van der Waals surface area contributed by atoms with Gasteiger partial charge in [-0.3, -0.25) is 4.79 Å². The van der Waals surface area contributed by atoms with Crippen molar-refractivity contribution in [2.24, 2.45) is 11.1 Å². The van der Waals surface area contributed by atoms with E-state index in [9.17, 15) is 4.79 Å². The third-order valence-electron chi connectivity index (χ3n) is 3.15. The van der Waals surface area contributed by atoms with Gasteiger partial charge in [0.2, 0.25) is 0 Å². The highest BCUT2D eigenvalue weighted by atomic mass is 16.5. The fourth-order valence-corrected chi connectivity index (χ4v) is 1.82. The molecule has 0 spiro atoms. The van der Waals surface area contributed by atoms with E-state index in [1.165, 1.54) is 12.7 Å². The average Bonchev–Trinajstić information content (AvgIpc) is 2.38. The summed E-state index contributed by atoms with van der Waals surface area (Å²) in [5.41, 5.74) is 7.45. The summed E-state index contributed by atoms with van der Waals surface area (Å²) >= 11 is 0. The number of hydrogen-bond acceptors (Lipinski definition) is 3. The molecule has 0 amide bonds. The molecule has 1 aromatic rings. The highest BCUT2D eigenvalue weighted by molar-refractivity contribution is 5.77. The molecule has 0 saturated carbocycles. The van der Waals surface area contributed by atoms with Crippen molar-refractivity contribution in [3.05, 3.63) is 35.4 Å². The van der Waals surface area contributed by atoms with E-state index < -0.39 is 5.41 Å². The third-order valence-corrected chi connectivity index (χ3v) is 3.15. The largest absolute Gasteiger partial charge is 0.469 e. The van der Waals surface area contributed by atoms with Crippen LogP contribution < -0.4 is 5.73 Å². The van der Waals surface area contributed by atoms with Crippen molar-refractivity contribution in [2.45, 2.75) is 26.7 Å². The van der Waals surface area contributed by atoms with E-state index in [0.717, 1.165) is 12.0 Å². The lowest BCUT2D eigenvalue weighted by molar-refractivity contribution is -0.151. The van der Waals surface area contributed by atoms with Crippen LogP contribution in [0.5, 0.6) is 0 Å². The number of benzene rings is 1. The lowest BCUT2D eigenvalue weighted by Gasteiger charge is -2.24. The van der Waals surface area contributed by atoms with Gasteiger partial charge in [-0.2, -0.15) is 0 Å². The molecule has 0 saturated heterocycles. The number of hydrogen-bond donors (Lipinski definition) is 1. The van der Waals surface area contributed by atoms with Gasteiger partial charge in [0, 0.05) is 6.54 Å². The molecule has 2 N–H and O–H groups in total. The first-order valence-electron chi connectivity index (χ1n) is 5.92. The number of nitrogens with two attached hydrogens (primary N) is 1. The predicted octanol–water partition coefficient (Wildman–Crippen LogP) is 1.93. The van der Waals surface area contributed by atoms with Crippen molar-refractivity contribution in [3.63, 3.8) is 0 Å². The van der Waals surface area contributed by atoms with Gasteiger partial charge in [-0.05, 0) is 30.9 Å². The Hall–Kier alpha value is -1.35. The highest BCUT2D eigenvalue weighted by Crippen LogP contribution is 2.23. The lowest BCUT2D eigenvalue weighted by atomic mass is 9.83. The number of rotatable bonds is 5. The van der Waals surface area contributed by atoms with Gasteiger partial charge in [0.1, 0.15) is 0 Å². The molecule has 1 aromatic carbocycles. The summed E-state index contributed by atoms with van der Waals surface area (Å²) in [6, 6.07) is 8.28. The Morgan fingerprint density at radius 2 is 1.82 bits per heavy atom. The summed E-state index contributed by atoms with van der Waals surface area (Å²) < 4.78 is 4.80. The van der Waals surface area contributed by atoms with Gasteiger partial charge >= 0.3 is 5.97 Å². The van der Waals surface area contributed by atoms with Gasteiger partial charge in [0.15, 0.2) is 0 Å². The highest BCUT2D eigenvalue weighted by Gasteiger charge is 2.32. The van der Waals surface area contributed by atoms with Crippen LogP contribution >= 0.6 is 0 Å². The Morgan fingerprint density at radius 3 is 2.24 bits per heavy atom. The molecule has 0 heterocycles. The first-order valence-corrected chi connectivity index (χ1v) is 5.92. The van der Waals surface area contributed by atoms with Crippen LogP contribution in [0.3, 0.4) is 0 Å². The molecule has 0 bridgehead atoms. The smallest absolute Gasteiger partial charge is 0.313 e. The van der Waals surface area contributed by atoms with Crippen molar-refractivity contribution in [2.75, 3.05) is 13.7 Å². The maximum atomic E-state index is 11.7. The second kappa shape index (κ2) is 5.82. The molecule has 0 radical (unpaired) electrons. The van der Waals surface area contributed by atoms with Gasteiger partial charge in [-0.25, -0.2) is 0 Å². The predicted molar refractivity (Wildman–Crippen MR) is 68.7 cm³/mol. The van der Waals surface area contributed by atoms with Gasteiger partial charge in [0.05, 0.1) is 12.5 Å². The first kappa shape index (κ1) is 13.7. The van der Waals surface area contributed by atoms with E-state index in [1.807, 2.05) is 6.92 Å². The van der Waals surface area contributed by atoms with Gasteiger partial charge in [-0.1, -0.05) is 31.2 Å². The minimum absolute atomic E-state index is 0.250. The van der Waals surface area contributed by atoms with Crippen LogP contribution in [0.2, 0.25) is 0 Å². The molecule has 1 rings (SSSR count). The molecular weight excluding hydrogens is 214 g/mol. The van der Waals surface area contributed by atoms with Crippen molar-refractivity contribution in [1.29, 1.82) is 0 Å². The molecule has 0 aliphatic heterocycles. The molecule has 0 aromatic heterocycles. The number of esters is 1. The monoisotopic (exact) mass is 235 g/mol. The molecule has 0 aliphatic rings. The SMILES string of the molecule is CCc1ccc(CC(C)(CN)C(=O)OC)cc1. The molecule has 1 unspecified atom stereocenters. The van der Waals surface area contributed by atoms with Crippen LogP contribution in [0.4, 0.5) is 0 Å². The number of ether oxygens (including phenoxy) is 1. The molecule has 1 atom stereocenters. The fourth-order valence-electron chi connectivity index (χ4n) is 1.82. The van der Waals surface area contributed by atoms with Crippen molar-refractivity contribution in [1.82, 2.24) is 0 Å². The topological polar surface area (TPSA) is 52.3 Å². The zero-order valence-electron chi connectivity index (χ0n) is 10.8. The standard InChI is InChI=1S/C14H21NO2/c1-4-11-5-7-12(8-6-11)9-14(2,10-15)13(16)17-3/h5-8H,4,9-10,15H2,1-3H3. The summed E-state index contributed by atoms with van der Waals surface area (Å²) in [7, 11) is 1.40. The zero-order chi connectivity index (χ0) is 12.9. The summed E-state index contributed by atoms with van der Waals surface area (Å²) in [5, 5.41) is 0. The first-order chi connectivity index (χ1) is 8.05. The molecule has 0 fully saturated rings. The van der Waals surface area contributed by atoms with E-state index in [4.69, 9.17) is 10.5 Å². The van der Waals surface area contributed by atoms with E-state index in [1.54, 1.807) is 0 Å². The molecule has 0 aliphatic carbocycles. The molecule has 94 valence electrons. The van der Waals surface area contributed by atoms with Crippen molar-refractivity contribution in [3.8, 4) is 0 Å². The Labute approximate surface area is 103 Å². The average molecular weight is 235 g/mol. The summed E-state index contributed by atoms with van der Waals surface area (Å²) in [4.78, 5) is 11.7. The summed E-state index contributed by atoms with van der Waals surface area (Å²) in [6.45, 7) is 4.25. The minimum Gasteiger partial charge on any atom is -0.469 e. The van der Waals surface area contributed by atoms with Gasteiger partial charge in [-0.15, -0.1) is 0 Å². The second-order valence-corrected chi connectivity index (χ2v) is 4.60. The Balaban J connectivity index is 2.83. The van der Waals surface area contributed by atoms with Crippen LogP contribution in [0.15, 0.2) is 24.3 Å². The quantitative estimate of drug-likeness (QED) is 0.793. The molecular formula is C14H21NO2. The summed E-state index contributed by atoms with van der Waals surface area (Å²) in [6.07, 6.45) is 1.63.